The van der Waals surface area contributed by atoms with Gasteiger partial charge in [-0.25, -0.2) is 0 Å². The van der Waals surface area contributed by atoms with Crippen LogP contribution in [0.15, 0.2) is 84.2 Å². The summed E-state index contributed by atoms with van der Waals surface area (Å²) in [6, 6.07) is 19.3. The Morgan fingerprint density at radius 3 is 2.18 bits per heavy atom. The van der Waals surface area contributed by atoms with Gasteiger partial charge in [-0.1, -0.05) is 78.9 Å². The Balaban J connectivity index is 2.25. The van der Waals surface area contributed by atoms with Crippen LogP contribution in [0.1, 0.15) is 17.0 Å². The summed E-state index contributed by atoms with van der Waals surface area (Å²) >= 11 is 0. The average molecular weight is 308 g/mol. The van der Waals surface area contributed by atoms with Crippen molar-refractivity contribution in [3.05, 3.63) is 95.3 Å². The summed E-state index contributed by atoms with van der Waals surface area (Å²) in [4.78, 5) is 12.3. The minimum absolute atomic E-state index is 0.247. The number of rotatable bonds is 3. The molecule has 2 aromatic rings. The smallest absolute Gasteiger partial charge is 0.319 e. The minimum Gasteiger partial charge on any atom is -0.480 e. The normalized spacial score (nSPS) is 23.9. The van der Waals surface area contributed by atoms with E-state index in [-0.39, 0.29) is 5.92 Å². The van der Waals surface area contributed by atoms with Crippen LogP contribution in [0, 0.1) is 0 Å². The molecule has 22 heavy (non-hydrogen) atoms. The molecule has 0 aromatic heterocycles. The summed E-state index contributed by atoms with van der Waals surface area (Å²) in [5.41, 5.74) is 0.703. The number of allylic oxidation sites excluding steroid dienone is 3. The van der Waals surface area contributed by atoms with E-state index >= 15 is 0 Å². The Morgan fingerprint density at radius 1 is 1.00 bits per heavy atom. The van der Waals surface area contributed by atoms with Crippen LogP contribution in [-0.4, -0.2) is 11.1 Å². The quantitative estimate of drug-likeness (QED) is 0.866. The summed E-state index contributed by atoms with van der Waals surface area (Å²) in [5.74, 6) is -1.08. The van der Waals surface area contributed by atoms with Crippen LogP contribution in [0.4, 0.5) is 0 Å². The molecule has 0 aliphatic heterocycles. The molecule has 2 nitrogen and oxygen atoms in total. The van der Waals surface area contributed by atoms with Crippen molar-refractivity contribution < 1.29 is 9.90 Å². The highest BCUT2D eigenvalue weighted by Gasteiger charge is 2.47. The predicted octanol–water partition coefficient (Wildman–Crippen LogP) is 4.12. The third kappa shape index (κ3) is 2.30. The number of hydrogen-bond donors (Lipinski definition) is 1. The van der Waals surface area contributed by atoms with E-state index < -0.39 is 11.4 Å². The number of aliphatic carboxylic acids is 1. The lowest BCUT2D eigenvalue weighted by molar-refractivity contribution is -0.142. The first-order chi connectivity index (χ1) is 10.7. The maximum absolute atomic E-state index is 12.3. The van der Waals surface area contributed by atoms with E-state index in [9.17, 15) is 9.90 Å². The second kappa shape index (κ2) is 5.90. The topological polar surface area (TPSA) is 37.3 Å². The summed E-state index contributed by atoms with van der Waals surface area (Å²) in [6.45, 7) is 0. The molecule has 110 valence electrons. The second-order valence-electron chi connectivity index (χ2n) is 5.41. The van der Waals surface area contributed by atoms with Gasteiger partial charge in [0.05, 0.1) is 0 Å². The number of carboxylic acid groups (broad SMARTS) is 1. The fourth-order valence-corrected chi connectivity index (χ4v) is 3.73. The lowest BCUT2D eigenvalue weighted by Gasteiger charge is -2.38. The maximum atomic E-state index is 12.3. The molecular formula is C19H17O2P. The van der Waals surface area contributed by atoms with E-state index in [1.165, 1.54) is 0 Å². The SMILES string of the molecule is O=C(O)C1(c2ccccc2)C=CC=C(P)C1c1ccccc1. The molecule has 0 fully saturated rings. The molecule has 3 atom stereocenters. The van der Waals surface area contributed by atoms with Crippen LogP contribution in [0.3, 0.4) is 0 Å². The highest BCUT2D eigenvalue weighted by atomic mass is 31.0. The Kier molecular flexibility index (Phi) is 3.96. The van der Waals surface area contributed by atoms with E-state index in [0.717, 1.165) is 16.4 Å². The first kappa shape index (κ1) is 14.7. The molecule has 0 amide bonds. The highest BCUT2D eigenvalue weighted by Crippen LogP contribution is 2.49. The molecule has 1 N–H and O–H groups in total. The first-order valence-electron chi connectivity index (χ1n) is 7.15. The molecule has 3 rings (SSSR count). The van der Waals surface area contributed by atoms with Gasteiger partial charge in [0.1, 0.15) is 5.41 Å². The van der Waals surface area contributed by atoms with Gasteiger partial charge < -0.3 is 5.11 Å². The van der Waals surface area contributed by atoms with Gasteiger partial charge in [0.2, 0.25) is 0 Å². The third-order valence-electron chi connectivity index (χ3n) is 4.17. The Bertz CT molecular complexity index is 735. The van der Waals surface area contributed by atoms with Crippen molar-refractivity contribution in [1.82, 2.24) is 0 Å². The van der Waals surface area contributed by atoms with Gasteiger partial charge in [0.25, 0.3) is 0 Å². The number of carboxylic acids is 1. The number of benzene rings is 2. The van der Waals surface area contributed by atoms with Crippen molar-refractivity contribution in [2.75, 3.05) is 0 Å². The van der Waals surface area contributed by atoms with Crippen LogP contribution in [0.25, 0.3) is 0 Å². The van der Waals surface area contributed by atoms with Crippen molar-refractivity contribution in [3.8, 4) is 0 Å². The summed E-state index contributed by atoms with van der Waals surface area (Å²) in [6.07, 6.45) is 5.60. The summed E-state index contributed by atoms with van der Waals surface area (Å²) < 4.78 is 0. The average Bonchev–Trinajstić information content (AvgIpc) is 2.56. The molecule has 0 bridgehead atoms. The van der Waals surface area contributed by atoms with Gasteiger partial charge in [-0.2, -0.15) is 0 Å². The van der Waals surface area contributed by atoms with Gasteiger partial charge >= 0.3 is 5.97 Å². The summed E-state index contributed by atoms with van der Waals surface area (Å²) in [5, 5.41) is 11.1. The molecular weight excluding hydrogens is 291 g/mol. The van der Waals surface area contributed by atoms with Gasteiger partial charge in [-0.15, -0.1) is 9.24 Å². The zero-order valence-electron chi connectivity index (χ0n) is 12.0. The maximum Gasteiger partial charge on any atom is 0.319 e. The second-order valence-corrected chi connectivity index (χ2v) is 6.08. The van der Waals surface area contributed by atoms with E-state index in [1.54, 1.807) is 6.08 Å². The summed E-state index contributed by atoms with van der Waals surface area (Å²) in [7, 11) is 2.70. The fourth-order valence-electron chi connectivity index (χ4n) is 3.16. The molecule has 0 heterocycles. The van der Waals surface area contributed by atoms with Crippen molar-refractivity contribution in [2.24, 2.45) is 0 Å². The standard InChI is InChI=1S/C19H17O2P/c20-18(21)19(15-10-5-2-6-11-15)13-7-12-16(22)17(19)14-8-3-1-4-9-14/h1-13,17H,22H2,(H,20,21). The van der Waals surface area contributed by atoms with Gasteiger partial charge in [-0.3, -0.25) is 4.79 Å². The van der Waals surface area contributed by atoms with Crippen molar-refractivity contribution in [3.63, 3.8) is 0 Å². The number of carbonyl (C=O) groups is 1. The molecule has 3 heteroatoms. The van der Waals surface area contributed by atoms with E-state index in [2.05, 4.69) is 9.24 Å². The lowest BCUT2D eigenvalue weighted by atomic mass is 9.65. The first-order valence-corrected chi connectivity index (χ1v) is 7.73. The van der Waals surface area contributed by atoms with E-state index in [0.29, 0.717) is 0 Å². The van der Waals surface area contributed by atoms with Crippen LogP contribution < -0.4 is 0 Å². The third-order valence-corrected chi connectivity index (χ3v) is 4.70. The zero-order valence-corrected chi connectivity index (χ0v) is 13.2. The highest BCUT2D eigenvalue weighted by molar-refractivity contribution is 7.22. The molecule has 0 radical (unpaired) electrons. The van der Waals surface area contributed by atoms with Crippen molar-refractivity contribution in [1.29, 1.82) is 0 Å². The van der Waals surface area contributed by atoms with Crippen LogP contribution in [0.5, 0.6) is 0 Å². The van der Waals surface area contributed by atoms with Crippen LogP contribution in [0.2, 0.25) is 0 Å². The van der Waals surface area contributed by atoms with E-state index in [1.807, 2.05) is 72.8 Å². The molecule has 2 aromatic carbocycles. The largest absolute Gasteiger partial charge is 0.480 e. The van der Waals surface area contributed by atoms with Gasteiger partial charge in [-0.05, 0) is 16.4 Å². The van der Waals surface area contributed by atoms with Crippen LogP contribution in [-0.2, 0) is 10.2 Å². The van der Waals surface area contributed by atoms with Crippen molar-refractivity contribution >= 4 is 15.2 Å². The van der Waals surface area contributed by atoms with Crippen LogP contribution >= 0.6 is 9.24 Å². The minimum atomic E-state index is -1.09. The Morgan fingerprint density at radius 2 is 1.59 bits per heavy atom. The molecule has 0 saturated heterocycles. The fraction of sp³-hybridized carbons (Fsp3) is 0.105. The molecule has 3 unspecified atom stereocenters. The lowest BCUT2D eigenvalue weighted by Crippen LogP contribution is -2.41. The predicted molar refractivity (Wildman–Crippen MR) is 91.9 cm³/mol. The Hall–Kier alpha value is -2.18. The molecule has 1 aliphatic carbocycles. The zero-order chi connectivity index (χ0) is 15.6. The van der Waals surface area contributed by atoms with Crippen molar-refractivity contribution in [2.45, 2.75) is 11.3 Å². The Labute approximate surface area is 132 Å². The van der Waals surface area contributed by atoms with Gasteiger partial charge in [0.15, 0.2) is 0 Å². The monoisotopic (exact) mass is 308 g/mol. The van der Waals surface area contributed by atoms with Gasteiger partial charge in [0, 0.05) is 5.92 Å². The number of hydrogen-bond acceptors (Lipinski definition) is 1. The molecule has 0 saturated carbocycles. The molecule has 1 aliphatic rings. The molecule has 0 spiro atoms. The van der Waals surface area contributed by atoms with E-state index in [4.69, 9.17) is 0 Å².